The van der Waals surface area contributed by atoms with Crippen LogP contribution < -0.4 is 10.6 Å². The van der Waals surface area contributed by atoms with Crippen LogP contribution in [0.5, 0.6) is 0 Å². The minimum absolute atomic E-state index is 0.00237. The van der Waals surface area contributed by atoms with E-state index in [2.05, 4.69) is 15.0 Å². The highest BCUT2D eigenvalue weighted by molar-refractivity contribution is 7.89. The zero-order valence-corrected chi connectivity index (χ0v) is 17.5. The van der Waals surface area contributed by atoms with E-state index in [1.165, 1.54) is 24.3 Å². The van der Waals surface area contributed by atoms with Gasteiger partial charge in [-0.15, -0.1) is 0 Å². The van der Waals surface area contributed by atoms with Crippen LogP contribution in [0.3, 0.4) is 0 Å². The Kier molecular flexibility index (Phi) is 6.20. The second-order valence-electron chi connectivity index (χ2n) is 6.64. The Morgan fingerprint density at radius 3 is 2.62 bits per heavy atom. The number of ether oxygens (including phenoxy) is 1. The predicted molar refractivity (Wildman–Crippen MR) is 107 cm³/mol. The second kappa shape index (κ2) is 8.47. The fraction of sp³-hybridized carbons (Fsp3) is 0.412. The van der Waals surface area contributed by atoms with Gasteiger partial charge in [-0.1, -0.05) is 11.6 Å². The normalized spacial score (nSPS) is 17.3. The van der Waals surface area contributed by atoms with Crippen molar-refractivity contribution < 1.29 is 17.9 Å². The summed E-state index contributed by atoms with van der Waals surface area (Å²) in [4.78, 5) is 26.4. The number of nitrogen functional groups attached to an aromatic ring is 1. The van der Waals surface area contributed by atoms with E-state index in [-0.39, 0.29) is 29.8 Å². The first-order valence-corrected chi connectivity index (χ1v) is 10.6. The first-order valence-electron chi connectivity index (χ1n) is 8.80. The zero-order chi connectivity index (χ0) is 21.2. The number of benzene rings is 1. The maximum atomic E-state index is 12.9. The maximum Gasteiger partial charge on any atom is 0.324 e. The van der Waals surface area contributed by atoms with Gasteiger partial charge in [0, 0.05) is 25.7 Å². The van der Waals surface area contributed by atoms with Gasteiger partial charge in [0.05, 0.1) is 4.90 Å². The van der Waals surface area contributed by atoms with E-state index in [0.29, 0.717) is 23.8 Å². The molecule has 1 aromatic heterocycles. The number of carbonyl (C=O) groups is 1. The maximum absolute atomic E-state index is 12.9. The topological polar surface area (TPSA) is 132 Å². The fourth-order valence-corrected chi connectivity index (χ4v) is 4.70. The molecule has 1 saturated heterocycles. The number of hydrogen-bond donors (Lipinski definition) is 1. The molecule has 1 aliphatic heterocycles. The molecule has 3 rings (SSSR count). The van der Waals surface area contributed by atoms with E-state index in [1.54, 1.807) is 19.0 Å². The molecule has 0 aliphatic carbocycles. The van der Waals surface area contributed by atoms with E-state index in [4.69, 9.17) is 22.1 Å². The Bertz CT molecular complexity index is 999. The molecule has 0 amide bonds. The number of esters is 1. The average molecular weight is 441 g/mol. The van der Waals surface area contributed by atoms with Crippen LogP contribution >= 0.6 is 11.6 Å². The lowest BCUT2D eigenvalue weighted by molar-refractivity contribution is -0.149. The van der Waals surface area contributed by atoms with E-state index in [0.717, 1.165) is 4.31 Å². The lowest BCUT2D eigenvalue weighted by atomic mass is 10.2. The molecule has 29 heavy (non-hydrogen) atoms. The molecule has 10 nitrogen and oxygen atoms in total. The summed E-state index contributed by atoms with van der Waals surface area (Å²) >= 11 is 5.83. The summed E-state index contributed by atoms with van der Waals surface area (Å²) in [6.07, 6.45) is 0.921. The van der Waals surface area contributed by atoms with Crippen molar-refractivity contribution in [2.75, 3.05) is 31.3 Å². The number of sulfonamides is 1. The highest BCUT2D eigenvalue weighted by Crippen LogP contribution is 2.27. The highest BCUT2D eigenvalue weighted by Gasteiger charge is 2.40. The van der Waals surface area contributed by atoms with Crippen molar-refractivity contribution in [2.45, 2.75) is 30.4 Å². The second-order valence-corrected chi connectivity index (χ2v) is 8.97. The number of aromatic nitrogens is 3. The summed E-state index contributed by atoms with van der Waals surface area (Å²) < 4.78 is 32.3. The molecular formula is C17H21ClN6O4S. The first kappa shape index (κ1) is 21.2. The highest BCUT2D eigenvalue weighted by atomic mass is 35.5. The summed E-state index contributed by atoms with van der Waals surface area (Å²) in [5.74, 6) is -0.149. The van der Waals surface area contributed by atoms with Gasteiger partial charge in [0.25, 0.3) is 0 Å². The van der Waals surface area contributed by atoms with Crippen LogP contribution in [0.15, 0.2) is 29.2 Å². The molecular weight excluding hydrogens is 420 g/mol. The number of nitrogens with zero attached hydrogens (tertiary/aromatic N) is 5. The smallest absolute Gasteiger partial charge is 0.324 e. The van der Waals surface area contributed by atoms with Crippen LogP contribution in [-0.4, -0.2) is 60.3 Å². The van der Waals surface area contributed by atoms with Gasteiger partial charge >= 0.3 is 5.97 Å². The minimum Gasteiger partial charge on any atom is -0.456 e. The van der Waals surface area contributed by atoms with Crippen LogP contribution in [-0.2, 0) is 26.2 Å². The molecule has 2 aromatic rings. The lowest BCUT2D eigenvalue weighted by Crippen LogP contribution is -2.41. The molecule has 1 fully saturated rings. The van der Waals surface area contributed by atoms with Crippen molar-refractivity contribution in [3.8, 4) is 0 Å². The molecule has 1 aromatic carbocycles. The van der Waals surface area contributed by atoms with Gasteiger partial charge in [0.15, 0.2) is 12.4 Å². The third-order valence-corrected chi connectivity index (χ3v) is 6.50. The van der Waals surface area contributed by atoms with Crippen molar-refractivity contribution in [1.82, 2.24) is 19.3 Å². The van der Waals surface area contributed by atoms with Crippen LogP contribution in [0.2, 0.25) is 5.02 Å². The molecule has 2 heterocycles. The van der Waals surface area contributed by atoms with Crippen molar-refractivity contribution in [1.29, 1.82) is 0 Å². The monoisotopic (exact) mass is 440 g/mol. The van der Waals surface area contributed by atoms with E-state index >= 15 is 0 Å². The Morgan fingerprint density at radius 2 is 1.97 bits per heavy atom. The summed E-state index contributed by atoms with van der Waals surface area (Å²) in [6.45, 7) is -0.00800. The number of carbonyl (C=O) groups excluding carboxylic acids is 1. The number of anilines is 2. The predicted octanol–water partition coefficient (Wildman–Crippen LogP) is 1.07. The molecule has 1 atom stereocenters. The molecule has 0 unspecified atom stereocenters. The van der Waals surface area contributed by atoms with Gasteiger partial charge in [0.1, 0.15) is 6.04 Å². The number of halogens is 1. The fourth-order valence-electron chi connectivity index (χ4n) is 2.93. The van der Waals surface area contributed by atoms with Crippen molar-refractivity contribution >= 4 is 39.5 Å². The van der Waals surface area contributed by atoms with Crippen LogP contribution in [0.1, 0.15) is 18.7 Å². The van der Waals surface area contributed by atoms with Gasteiger partial charge in [-0.05, 0) is 37.1 Å². The molecule has 12 heteroatoms. The van der Waals surface area contributed by atoms with Crippen LogP contribution in [0.25, 0.3) is 0 Å². The SMILES string of the molecule is CN(C)c1nc(N)nc(COC(=O)[C@@H]2CCCN2S(=O)(=O)c2ccc(Cl)cc2)n1. The molecule has 2 N–H and O–H groups in total. The largest absolute Gasteiger partial charge is 0.456 e. The van der Waals surface area contributed by atoms with Gasteiger partial charge in [-0.2, -0.15) is 19.3 Å². The summed E-state index contributed by atoms with van der Waals surface area (Å²) in [7, 11) is -0.374. The number of hydrogen-bond acceptors (Lipinski definition) is 9. The third-order valence-electron chi connectivity index (χ3n) is 4.33. The summed E-state index contributed by atoms with van der Waals surface area (Å²) in [6, 6.07) is 4.89. The average Bonchev–Trinajstić information content (AvgIpc) is 3.17. The quantitative estimate of drug-likeness (QED) is 0.655. The standard InChI is InChI=1S/C17H21ClN6O4S/c1-23(2)17-21-14(20-16(19)22-17)10-28-15(25)13-4-3-9-24(13)29(26,27)12-7-5-11(18)6-8-12/h5-8,13H,3-4,9-10H2,1-2H3,(H2,19,20,21,22)/t13-/m0/s1. The molecule has 156 valence electrons. The number of nitrogens with two attached hydrogens (primary N) is 1. The summed E-state index contributed by atoms with van der Waals surface area (Å²) in [5.41, 5.74) is 5.65. The van der Waals surface area contributed by atoms with Crippen LogP contribution in [0, 0.1) is 0 Å². The first-order chi connectivity index (χ1) is 13.7. The molecule has 0 spiro atoms. The van der Waals surface area contributed by atoms with Crippen molar-refractivity contribution in [2.24, 2.45) is 0 Å². The minimum atomic E-state index is -3.85. The Hall–Kier alpha value is -2.50. The molecule has 0 bridgehead atoms. The van der Waals surface area contributed by atoms with E-state index in [9.17, 15) is 13.2 Å². The lowest BCUT2D eigenvalue weighted by Gasteiger charge is -2.22. The molecule has 0 radical (unpaired) electrons. The molecule has 0 saturated carbocycles. The zero-order valence-electron chi connectivity index (χ0n) is 15.9. The van der Waals surface area contributed by atoms with Gasteiger partial charge in [-0.25, -0.2) is 8.42 Å². The van der Waals surface area contributed by atoms with Gasteiger partial charge < -0.3 is 15.4 Å². The Labute approximate surface area is 173 Å². The van der Waals surface area contributed by atoms with Crippen molar-refractivity contribution in [3.05, 3.63) is 35.1 Å². The summed E-state index contributed by atoms with van der Waals surface area (Å²) in [5, 5.41) is 0.426. The van der Waals surface area contributed by atoms with Crippen molar-refractivity contribution in [3.63, 3.8) is 0 Å². The third kappa shape index (κ3) is 4.74. The van der Waals surface area contributed by atoms with Gasteiger partial charge in [-0.3, -0.25) is 4.79 Å². The van der Waals surface area contributed by atoms with E-state index < -0.39 is 22.0 Å². The Morgan fingerprint density at radius 1 is 1.28 bits per heavy atom. The molecule has 1 aliphatic rings. The number of rotatable bonds is 6. The van der Waals surface area contributed by atoms with E-state index in [1.807, 2.05) is 0 Å². The van der Waals surface area contributed by atoms with Crippen LogP contribution in [0.4, 0.5) is 11.9 Å². The van der Waals surface area contributed by atoms with Gasteiger partial charge in [0.2, 0.25) is 21.9 Å². The Balaban J connectivity index is 1.73.